The van der Waals surface area contributed by atoms with Gasteiger partial charge in [-0.05, 0) is 6.07 Å². The number of rotatable bonds is 4. The molecule has 0 spiro atoms. The van der Waals surface area contributed by atoms with Gasteiger partial charge >= 0.3 is 12.3 Å². The highest BCUT2D eigenvalue weighted by molar-refractivity contribution is 5.81. The molecule has 1 aromatic rings. The quantitative estimate of drug-likeness (QED) is 0.456. The molecule has 0 heterocycles. The Morgan fingerprint density at radius 2 is 2.18 bits per heavy atom. The molecule has 88 valence electrons. The number of nitro groups is 1. The number of hydrogen-bond donors (Lipinski definition) is 0. The van der Waals surface area contributed by atoms with Crippen molar-refractivity contribution >= 4 is 12.0 Å². The van der Waals surface area contributed by atoms with E-state index in [9.17, 15) is 23.7 Å². The average Bonchev–Trinajstić information content (AvgIpc) is 2.27. The summed E-state index contributed by atoms with van der Waals surface area (Å²) in [6.07, 6.45) is 0.223. The van der Waals surface area contributed by atoms with Gasteiger partial charge in [-0.15, -0.1) is 0 Å². The molecule has 17 heavy (non-hydrogen) atoms. The third-order valence-corrected chi connectivity index (χ3v) is 1.79. The Hall–Kier alpha value is -2.56. The molecule has 1 aromatic carbocycles. The lowest BCUT2D eigenvalue weighted by atomic mass is 10.1. The van der Waals surface area contributed by atoms with Gasteiger partial charge in [0, 0.05) is 11.6 Å². The van der Waals surface area contributed by atoms with Crippen LogP contribution in [0.25, 0.3) is 0 Å². The van der Waals surface area contributed by atoms with Crippen LogP contribution in [-0.2, 0) is 0 Å². The third kappa shape index (κ3) is 2.72. The fraction of sp³-hybridized carbons (Fsp3) is 0.111. The number of hydrogen-bond acceptors (Lipinski definition) is 5. The van der Waals surface area contributed by atoms with Gasteiger partial charge in [-0.3, -0.25) is 14.9 Å². The number of nitro benzene ring substituents is 1. The van der Waals surface area contributed by atoms with Crippen molar-refractivity contribution in [2.75, 3.05) is 0 Å². The summed E-state index contributed by atoms with van der Waals surface area (Å²) in [7, 11) is 0. The van der Waals surface area contributed by atoms with Gasteiger partial charge in [-0.1, -0.05) is 0 Å². The van der Waals surface area contributed by atoms with Crippen molar-refractivity contribution < 1.29 is 23.2 Å². The summed E-state index contributed by atoms with van der Waals surface area (Å²) in [4.78, 5) is 20.1. The van der Waals surface area contributed by atoms with Crippen LogP contribution in [0.2, 0.25) is 0 Å². The molecule has 0 amide bonds. The molecular formula is C9H4F2N2O4. The predicted molar refractivity (Wildman–Crippen MR) is 49.8 cm³/mol. The maximum absolute atomic E-state index is 12.0. The second-order valence-electron chi connectivity index (χ2n) is 2.77. The van der Waals surface area contributed by atoms with Crippen molar-refractivity contribution in [3.05, 3.63) is 33.4 Å². The standard InChI is InChI=1S/C9H4F2N2O4/c10-9(11)17-8-2-6(4-14)5(3-12)1-7(8)13(15)16/h1-2,4,9H. The van der Waals surface area contributed by atoms with Crippen molar-refractivity contribution in [3.63, 3.8) is 0 Å². The van der Waals surface area contributed by atoms with E-state index in [1.165, 1.54) is 0 Å². The fourth-order valence-corrected chi connectivity index (χ4v) is 1.11. The molecule has 0 radical (unpaired) electrons. The zero-order valence-electron chi connectivity index (χ0n) is 8.09. The second kappa shape index (κ2) is 4.98. The Kier molecular flexibility index (Phi) is 3.66. The molecule has 8 heteroatoms. The SMILES string of the molecule is N#Cc1cc([N+](=O)[O-])c(OC(F)F)cc1C=O. The molecular weight excluding hydrogens is 238 g/mol. The van der Waals surface area contributed by atoms with Crippen LogP contribution in [-0.4, -0.2) is 17.8 Å². The molecule has 1 rings (SSSR count). The lowest BCUT2D eigenvalue weighted by Crippen LogP contribution is -2.06. The van der Waals surface area contributed by atoms with Crippen molar-refractivity contribution in [1.82, 2.24) is 0 Å². The van der Waals surface area contributed by atoms with Crippen LogP contribution in [0.1, 0.15) is 15.9 Å². The van der Waals surface area contributed by atoms with Crippen LogP contribution in [0.4, 0.5) is 14.5 Å². The largest absolute Gasteiger partial charge is 0.427 e. The number of halogens is 2. The molecule has 0 saturated carbocycles. The molecule has 0 aliphatic rings. The van der Waals surface area contributed by atoms with Crippen molar-refractivity contribution in [1.29, 1.82) is 5.26 Å². The van der Waals surface area contributed by atoms with E-state index in [-0.39, 0.29) is 17.4 Å². The van der Waals surface area contributed by atoms with Crippen LogP contribution in [0.5, 0.6) is 5.75 Å². The van der Waals surface area contributed by atoms with Crippen molar-refractivity contribution in [2.24, 2.45) is 0 Å². The summed E-state index contributed by atoms with van der Waals surface area (Å²) in [5.74, 6) is -0.758. The van der Waals surface area contributed by atoms with E-state index in [4.69, 9.17) is 5.26 Å². The molecule has 0 unspecified atom stereocenters. The number of nitrogens with zero attached hydrogens (tertiary/aromatic N) is 2. The van der Waals surface area contributed by atoms with E-state index >= 15 is 0 Å². The van der Waals surface area contributed by atoms with Crippen molar-refractivity contribution in [2.45, 2.75) is 6.61 Å². The van der Waals surface area contributed by atoms with Crippen LogP contribution in [0.15, 0.2) is 12.1 Å². The van der Waals surface area contributed by atoms with Gasteiger partial charge in [0.2, 0.25) is 5.75 Å². The molecule has 6 nitrogen and oxygen atoms in total. The zero-order valence-corrected chi connectivity index (χ0v) is 8.09. The Morgan fingerprint density at radius 1 is 1.53 bits per heavy atom. The average molecular weight is 242 g/mol. The highest BCUT2D eigenvalue weighted by Gasteiger charge is 2.21. The monoisotopic (exact) mass is 242 g/mol. The van der Waals surface area contributed by atoms with Gasteiger partial charge in [0.05, 0.1) is 10.5 Å². The van der Waals surface area contributed by atoms with Gasteiger partial charge in [-0.25, -0.2) is 0 Å². The minimum atomic E-state index is -3.26. The van der Waals surface area contributed by atoms with Crippen LogP contribution in [0.3, 0.4) is 0 Å². The topological polar surface area (TPSA) is 93.2 Å². The molecule has 0 bridgehead atoms. The number of aldehydes is 1. The minimum absolute atomic E-state index is 0.223. The normalized spacial score (nSPS) is 9.76. The first kappa shape index (κ1) is 12.5. The number of nitriles is 1. The zero-order chi connectivity index (χ0) is 13.0. The first-order chi connectivity index (χ1) is 7.99. The molecule has 0 aliphatic carbocycles. The highest BCUT2D eigenvalue weighted by atomic mass is 19.3. The van der Waals surface area contributed by atoms with Gasteiger partial charge in [-0.2, -0.15) is 14.0 Å². The summed E-state index contributed by atoms with van der Waals surface area (Å²) >= 11 is 0. The molecule has 0 atom stereocenters. The Bertz CT molecular complexity index is 510. The molecule has 0 N–H and O–H groups in total. The maximum Gasteiger partial charge on any atom is 0.387 e. The van der Waals surface area contributed by atoms with E-state index < -0.39 is 23.0 Å². The first-order valence-electron chi connectivity index (χ1n) is 4.12. The number of ether oxygens (including phenoxy) is 1. The van der Waals surface area contributed by atoms with Crippen LogP contribution in [0, 0.1) is 21.4 Å². The minimum Gasteiger partial charge on any atom is -0.427 e. The smallest absolute Gasteiger partial charge is 0.387 e. The lowest BCUT2D eigenvalue weighted by molar-refractivity contribution is -0.386. The van der Waals surface area contributed by atoms with Gasteiger partial charge in [0.1, 0.15) is 6.07 Å². The van der Waals surface area contributed by atoms with E-state index in [1.54, 1.807) is 6.07 Å². The molecule has 0 saturated heterocycles. The Balaban J connectivity index is 3.41. The Labute approximate surface area is 93.2 Å². The summed E-state index contributed by atoms with van der Waals surface area (Å²) in [5, 5.41) is 19.2. The number of benzene rings is 1. The van der Waals surface area contributed by atoms with Gasteiger partial charge in [0.25, 0.3) is 0 Å². The lowest BCUT2D eigenvalue weighted by Gasteiger charge is -2.06. The van der Waals surface area contributed by atoms with Crippen LogP contribution < -0.4 is 4.74 Å². The fourth-order valence-electron chi connectivity index (χ4n) is 1.11. The van der Waals surface area contributed by atoms with E-state index in [0.717, 1.165) is 6.07 Å². The van der Waals surface area contributed by atoms with Crippen molar-refractivity contribution in [3.8, 4) is 11.8 Å². The van der Waals surface area contributed by atoms with Crippen LogP contribution >= 0.6 is 0 Å². The van der Waals surface area contributed by atoms with E-state index in [1.807, 2.05) is 0 Å². The van der Waals surface area contributed by atoms with Gasteiger partial charge in [0.15, 0.2) is 6.29 Å². The van der Waals surface area contributed by atoms with Gasteiger partial charge < -0.3 is 4.74 Å². The number of alkyl halides is 2. The maximum atomic E-state index is 12.0. The first-order valence-corrected chi connectivity index (χ1v) is 4.12. The number of carbonyl (C=O) groups excluding carboxylic acids is 1. The number of carbonyl (C=O) groups is 1. The molecule has 0 aliphatic heterocycles. The summed E-state index contributed by atoms with van der Waals surface area (Å²) in [5.41, 5.74) is -1.34. The summed E-state index contributed by atoms with van der Waals surface area (Å²) in [6, 6.07) is 2.99. The summed E-state index contributed by atoms with van der Waals surface area (Å²) in [6.45, 7) is -3.26. The van der Waals surface area contributed by atoms with E-state index in [2.05, 4.69) is 4.74 Å². The highest BCUT2D eigenvalue weighted by Crippen LogP contribution is 2.31. The Morgan fingerprint density at radius 3 is 2.59 bits per heavy atom. The third-order valence-electron chi connectivity index (χ3n) is 1.79. The predicted octanol–water partition coefficient (Wildman–Crippen LogP) is 1.88. The molecule has 0 aromatic heterocycles. The van der Waals surface area contributed by atoms with E-state index in [0.29, 0.717) is 6.07 Å². The molecule has 0 fully saturated rings. The second-order valence-corrected chi connectivity index (χ2v) is 2.77. The summed E-state index contributed by atoms with van der Waals surface area (Å²) < 4.78 is 27.9.